The van der Waals surface area contributed by atoms with Gasteiger partial charge in [-0.1, -0.05) is 66.9 Å². The molecule has 2 aromatic carbocycles. The van der Waals surface area contributed by atoms with Crippen LogP contribution < -0.4 is 5.32 Å². The van der Waals surface area contributed by atoms with Crippen molar-refractivity contribution in [2.75, 3.05) is 0 Å². The van der Waals surface area contributed by atoms with Crippen molar-refractivity contribution in [3.8, 4) is 17.1 Å². The minimum absolute atomic E-state index is 0.125. The Labute approximate surface area is 216 Å². The van der Waals surface area contributed by atoms with Gasteiger partial charge in [-0.3, -0.25) is 9.36 Å². The first-order valence-corrected chi connectivity index (χ1v) is 13.7. The molecule has 1 amide bonds. The van der Waals surface area contributed by atoms with Gasteiger partial charge in [0.25, 0.3) is 5.91 Å². The van der Waals surface area contributed by atoms with Crippen molar-refractivity contribution < 1.29 is 9.18 Å². The van der Waals surface area contributed by atoms with Gasteiger partial charge in [-0.2, -0.15) is 0 Å². The van der Waals surface area contributed by atoms with E-state index in [1.165, 1.54) is 35.6 Å². The summed E-state index contributed by atoms with van der Waals surface area (Å²) in [5.41, 5.74) is 1.43. The van der Waals surface area contributed by atoms with E-state index in [9.17, 15) is 9.18 Å². The van der Waals surface area contributed by atoms with Gasteiger partial charge >= 0.3 is 0 Å². The van der Waals surface area contributed by atoms with Crippen LogP contribution in [0.2, 0.25) is 5.02 Å². The maximum Gasteiger partial charge on any atom is 0.270 e. The Bertz CT molecular complexity index is 1330. The molecular formula is C25H23ClFN5OS2. The minimum atomic E-state index is -0.390. The summed E-state index contributed by atoms with van der Waals surface area (Å²) in [6, 6.07) is 14.0. The third kappa shape index (κ3) is 5.42. The Morgan fingerprint density at radius 3 is 2.69 bits per heavy atom. The van der Waals surface area contributed by atoms with Crippen LogP contribution in [0.25, 0.3) is 17.1 Å². The first-order valence-electron chi connectivity index (χ1n) is 11.4. The summed E-state index contributed by atoms with van der Waals surface area (Å²) < 4.78 is 16.5. The fourth-order valence-electron chi connectivity index (χ4n) is 4.14. The molecule has 1 saturated carbocycles. The molecule has 6 nitrogen and oxygen atoms in total. The minimum Gasteiger partial charge on any atom is -0.348 e. The molecular weight excluding hydrogens is 505 g/mol. The summed E-state index contributed by atoms with van der Waals surface area (Å²) in [6.45, 7) is 0. The summed E-state index contributed by atoms with van der Waals surface area (Å²) in [6.07, 6.45) is 5.60. The van der Waals surface area contributed by atoms with Gasteiger partial charge in [-0.25, -0.2) is 9.37 Å². The number of rotatable bonds is 7. The number of nitrogens with one attached hydrogen (secondary N) is 1. The number of nitrogens with zero attached hydrogens (tertiary/aromatic N) is 4. The fourth-order valence-corrected chi connectivity index (χ4v) is 6.10. The van der Waals surface area contributed by atoms with E-state index < -0.39 is 5.82 Å². The Balaban J connectivity index is 1.37. The van der Waals surface area contributed by atoms with Crippen LogP contribution in [0.5, 0.6) is 0 Å². The Morgan fingerprint density at radius 2 is 1.89 bits per heavy atom. The van der Waals surface area contributed by atoms with E-state index >= 15 is 0 Å². The van der Waals surface area contributed by atoms with Crippen molar-refractivity contribution in [1.29, 1.82) is 0 Å². The van der Waals surface area contributed by atoms with E-state index in [4.69, 9.17) is 11.6 Å². The van der Waals surface area contributed by atoms with Crippen LogP contribution in [0.15, 0.2) is 59.1 Å². The van der Waals surface area contributed by atoms with Gasteiger partial charge in [0.2, 0.25) is 0 Å². The number of amides is 1. The van der Waals surface area contributed by atoms with Gasteiger partial charge in [-0.15, -0.1) is 21.5 Å². The van der Waals surface area contributed by atoms with Crippen LogP contribution in [0.3, 0.4) is 0 Å². The number of para-hydroxylation sites is 1. The molecule has 1 aliphatic rings. The molecule has 4 aromatic rings. The van der Waals surface area contributed by atoms with Crippen molar-refractivity contribution in [2.45, 2.75) is 49.1 Å². The summed E-state index contributed by atoms with van der Waals surface area (Å²) in [5.74, 6) is 0.407. The van der Waals surface area contributed by atoms with Crippen LogP contribution in [0.4, 0.5) is 4.39 Å². The Hall–Kier alpha value is -2.75. The monoisotopic (exact) mass is 527 g/mol. The highest BCUT2D eigenvalue weighted by molar-refractivity contribution is 7.98. The Morgan fingerprint density at radius 1 is 1.11 bits per heavy atom. The molecule has 2 aromatic heterocycles. The number of carbonyl (C=O) groups is 1. The molecule has 1 N–H and O–H groups in total. The van der Waals surface area contributed by atoms with E-state index in [2.05, 4.69) is 20.5 Å². The molecule has 0 atom stereocenters. The van der Waals surface area contributed by atoms with Crippen molar-refractivity contribution in [3.63, 3.8) is 0 Å². The smallest absolute Gasteiger partial charge is 0.270 e. The number of halogens is 2. The summed E-state index contributed by atoms with van der Waals surface area (Å²) in [7, 11) is 0. The number of thioether (sulfide) groups is 1. The zero-order valence-corrected chi connectivity index (χ0v) is 21.2. The predicted octanol–water partition coefficient (Wildman–Crippen LogP) is 6.54. The zero-order valence-electron chi connectivity index (χ0n) is 18.8. The number of carbonyl (C=O) groups excluding carboxylic acids is 1. The van der Waals surface area contributed by atoms with Crippen LogP contribution in [0.1, 0.15) is 47.6 Å². The average Bonchev–Trinajstić information content (AvgIpc) is 3.51. The van der Waals surface area contributed by atoms with Crippen molar-refractivity contribution in [3.05, 3.63) is 75.5 Å². The number of aromatic nitrogens is 4. The van der Waals surface area contributed by atoms with E-state index in [-0.39, 0.29) is 11.9 Å². The normalized spacial score (nSPS) is 14.2. The van der Waals surface area contributed by atoms with E-state index in [1.807, 2.05) is 18.2 Å². The molecule has 180 valence electrons. The quantitative estimate of drug-likeness (QED) is 0.276. The second-order valence-electron chi connectivity index (χ2n) is 8.30. The number of hydrogen-bond donors (Lipinski definition) is 1. The van der Waals surface area contributed by atoms with Crippen LogP contribution >= 0.6 is 34.7 Å². The predicted molar refractivity (Wildman–Crippen MR) is 138 cm³/mol. The highest BCUT2D eigenvalue weighted by Crippen LogP contribution is 2.34. The summed E-state index contributed by atoms with van der Waals surface area (Å²) >= 11 is 9.22. The zero-order chi connectivity index (χ0) is 24.2. The number of thiazole rings is 1. The molecule has 1 fully saturated rings. The third-order valence-corrected chi connectivity index (χ3v) is 8.19. The van der Waals surface area contributed by atoms with Crippen LogP contribution in [0, 0.1) is 5.82 Å². The lowest BCUT2D eigenvalue weighted by molar-refractivity contribution is 0.0923. The first kappa shape index (κ1) is 24.0. The van der Waals surface area contributed by atoms with Crippen LogP contribution in [-0.4, -0.2) is 31.7 Å². The second-order valence-corrected chi connectivity index (χ2v) is 10.6. The number of benzene rings is 2. The molecule has 35 heavy (non-hydrogen) atoms. The highest BCUT2D eigenvalue weighted by Gasteiger charge is 2.22. The van der Waals surface area contributed by atoms with Crippen LogP contribution in [-0.2, 0) is 5.75 Å². The lowest BCUT2D eigenvalue weighted by atomic mass is 9.95. The van der Waals surface area contributed by atoms with Gasteiger partial charge in [0.15, 0.2) is 11.0 Å². The molecule has 2 heterocycles. The molecule has 0 saturated heterocycles. The SMILES string of the molecule is O=C(NC1CCCCC1)c1csc(CSc2nnc(-c3ccccc3Cl)n2-c2ccccc2F)n1. The molecule has 1 aliphatic carbocycles. The standard InChI is InChI=1S/C25H23ClFN5OS2/c26-18-11-5-4-10-17(18)23-30-31-25(32(23)21-13-7-6-12-19(21)27)35-15-22-29-20(14-34-22)24(33)28-16-8-2-1-3-9-16/h4-7,10-14,16H,1-3,8-9,15H2,(H,28,33). The van der Waals surface area contributed by atoms with E-state index in [0.29, 0.717) is 38.7 Å². The first-order chi connectivity index (χ1) is 17.1. The molecule has 0 spiro atoms. The topological polar surface area (TPSA) is 72.7 Å². The summed E-state index contributed by atoms with van der Waals surface area (Å²) in [5, 5.41) is 15.3. The molecule has 0 unspecified atom stereocenters. The Kier molecular flexibility index (Phi) is 7.46. The number of hydrogen-bond acceptors (Lipinski definition) is 6. The van der Waals surface area contributed by atoms with Gasteiger partial charge in [-0.05, 0) is 37.1 Å². The lowest BCUT2D eigenvalue weighted by Gasteiger charge is -2.22. The van der Waals surface area contributed by atoms with Crippen molar-refractivity contribution >= 4 is 40.6 Å². The maximum atomic E-state index is 14.8. The molecule has 5 rings (SSSR count). The fraction of sp³-hybridized carbons (Fsp3) is 0.280. The molecule has 0 bridgehead atoms. The van der Waals surface area contributed by atoms with Gasteiger partial charge in [0.05, 0.1) is 16.5 Å². The third-order valence-electron chi connectivity index (χ3n) is 5.89. The van der Waals surface area contributed by atoms with Gasteiger partial charge in [0.1, 0.15) is 16.5 Å². The highest BCUT2D eigenvalue weighted by atomic mass is 35.5. The summed E-state index contributed by atoms with van der Waals surface area (Å²) in [4.78, 5) is 17.1. The van der Waals surface area contributed by atoms with E-state index in [1.54, 1.807) is 34.2 Å². The van der Waals surface area contributed by atoms with Gasteiger partial charge < -0.3 is 5.32 Å². The molecule has 0 radical (unpaired) electrons. The maximum absolute atomic E-state index is 14.8. The average molecular weight is 528 g/mol. The molecule has 10 heteroatoms. The van der Waals surface area contributed by atoms with E-state index in [0.717, 1.165) is 30.7 Å². The lowest BCUT2D eigenvalue weighted by Crippen LogP contribution is -2.36. The van der Waals surface area contributed by atoms with Crippen molar-refractivity contribution in [1.82, 2.24) is 25.1 Å². The largest absolute Gasteiger partial charge is 0.348 e. The second kappa shape index (κ2) is 10.9. The van der Waals surface area contributed by atoms with Crippen molar-refractivity contribution in [2.24, 2.45) is 0 Å². The molecule has 0 aliphatic heterocycles. The van der Waals surface area contributed by atoms with Gasteiger partial charge in [0, 0.05) is 17.0 Å².